The Balaban J connectivity index is 1.51. The van der Waals surface area contributed by atoms with Gasteiger partial charge in [-0.2, -0.15) is 4.98 Å². The Labute approximate surface area is 201 Å². The average Bonchev–Trinajstić information content (AvgIpc) is 3.46. The van der Waals surface area contributed by atoms with Crippen LogP contribution in [0.2, 0.25) is 0 Å². The Morgan fingerprint density at radius 1 is 1.26 bits per heavy atom. The number of alkyl halides is 2. The molecular weight excluding hydrogens is 457 g/mol. The second-order valence-electron chi connectivity index (χ2n) is 9.36. The minimum absolute atomic E-state index is 0.0649. The van der Waals surface area contributed by atoms with Crippen molar-refractivity contribution in [3.8, 4) is 0 Å². The second-order valence-corrected chi connectivity index (χ2v) is 9.36. The first-order chi connectivity index (χ1) is 16.7. The smallest absolute Gasteiger partial charge is 0.266 e. The fourth-order valence-electron chi connectivity index (χ4n) is 5.02. The van der Waals surface area contributed by atoms with E-state index in [2.05, 4.69) is 27.1 Å². The van der Waals surface area contributed by atoms with Gasteiger partial charge in [0.25, 0.3) is 12.2 Å². The molecule has 1 aliphatic heterocycles. The molecule has 1 fully saturated rings. The second kappa shape index (κ2) is 8.66. The van der Waals surface area contributed by atoms with E-state index in [0.717, 1.165) is 28.7 Å². The molecule has 0 spiro atoms. The summed E-state index contributed by atoms with van der Waals surface area (Å²) < 4.78 is 43.1. The first kappa shape index (κ1) is 23.3. The summed E-state index contributed by atoms with van der Waals surface area (Å²) >= 11 is 0. The lowest BCUT2D eigenvalue weighted by Crippen LogP contribution is -2.41. The van der Waals surface area contributed by atoms with Crippen LogP contribution >= 0.6 is 0 Å². The number of aromatic nitrogens is 4. The minimum Gasteiger partial charge on any atom is -0.363 e. The van der Waals surface area contributed by atoms with E-state index in [-0.39, 0.29) is 23.3 Å². The van der Waals surface area contributed by atoms with Crippen LogP contribution in [0.15, 0.2) is 30.4 Å². The number of hydrogen-bond donors (Lipinski definition) is 1. The number of anilines is 1. The lowest BCUT2D eigenvalue weighted by Gasteiger charge is -2.37. The summed E-state index contributed by atoms with van der Waals surface area (Å²) in [6.45, 7) is 10.4. The van der Waals surface area contributed by atoms with Gasteiger partial charge in [0, 0.05) is 23.5 Å². The van der Waals surface area contributed by atoms with E-state index in [4.69, 9.17) is 0 Å². The van der Waals surface area contributed by atoms with Crippen molar-refractivity contribution in [1.82, 2.24) is 24.5 Å². The Bertz CT molecular complexity index is 1340. The fourth-order valence-corrected chi connectivity index (χ4v) is 5.02. The molecule has 3 heterocycles. The van der Waals surface area contributed by atoms with Crippen molar-refractivity contribution in [1.29, 1.82) is 0 Å². The van der Waals surface area contributed by atoms with Gasteiger partial charge in [-0.15, -0.1) is 10.2 Å². The third-order valence-electron chi connectivity index (χ3n) is 7.31. The van der Waals surface area contributed by atoms with Crippen LogP contribution in [-0.2, 0) is 24.3 Å². The van der Waals surface area contributed by atoms with Gasteiger partial charge in [0.1, 0.15) is 17.5 Å². The Hall–Kier alpha value is -3.43. The maximum absolute atomic E-state index is 14.8. The number of carbonyl (C=O) groups is 1. The molecule has 3 atom stereocenters. The predicted octanol–water partition coefficient (Wildman–Crippen LogP) is 4.99. The van der Waals surface area contributed by atoms with E-state index in [1.165, 1.54) is 12.1 Å². The van der Waals surface area contributed by atoms with E-state index >= 15 is 0 Å². The molecule has 2 aromatic heterocycles. The van der Waals surface area contributed by atoms with Crippen LogP contribution < -0.4 is 5.32 Å². The van der Waals surface area contributed by atoms with Gasteiger partial charge in [-0.25, -0.2) is 13.2 Å². The maximum Gasteiger partial charge on any atom is 0.266 e. The quantitative estimate of drug-likeness (QED) is 0.499. The zero-order valence-corrected chi connectivity index (χ0v) is 19.9. The largest absolute Gasteiger partial charge is 0.363 e. The lowest BCUT2D eigenvalue weighted by molar-refractivity contribution is -0.139. The molecule has 35 heavy (non-hydrogen) atoms. The highest BCUT2D eigenvalue weighted by Gasteiger charge is 2.41. The highest BCUT2D eigenvalue weighted by Crippen LogP contribution is 2.41. The van der Waals surface area contributed by atoms with Crippen molar-refractivity contribution in [3.05, 3.63) is 64.4 Å². The van der Waals surface area contributed by atoms with Crippen LogP contribution in [0.25, 0.3) is 5.78 Å². The van der Waals surface area contributed by atoms with E-state index in [1.54, 1.807) is 11.8 Å². The number of rotatable bonds is 6. The number of amides is 1. The van der Waals surface area contributed by atoms with E-state index < -0.39 is 23.8 Å². The Morgan fingerprint density at radius 2 is 2.00 bits per heavy atom. The van der Waals surface area contributed by atoms with E-state index in [0.29, 0.717) is 37.5 Å². The number of nitrogens with one attached hydrogen (secondary N) is 1. The lowest BCUT2D eigenvalue weighted by atomic mass is 9.70. The van der Waals surface area contributed by atoms with Crippen molar-refractivity contribution >= 4 is 17.5 Å². The number of aryl methyl sites for hydroxylation is 1. The highest BCUT2D eigenvalue weighted by atomic mass is 19.3. The molecule has 0 radical (unpaired) electrons. The molecule has 3 aromatic rings. The van der Waals surface area contributed by atoms with Gasteiger partial charge in [-0.3, -0.25) is 9.20 Å². The molecule has 1 saturated carbocycles. The number of halogens is 3. The molecule has 184 valence electrons. The number of allylic oxidation sites excluding steroid dienone is 1. The monoisotopic (exact) mass is 484 g/mol. The molecule has 0 saturated heterocycles. The summed E-state index contributed by atoms with van der Waals surface area (Å²) in [5.74, 6) is 0.734. The van der Waals surface area contributed by atoms with Gasteiger partial charge >= 0.3 is 0 Å². The summed E-state index contributed by atoms with van der Waals surface area (Å²) in [5.41, 5.74) is 2.21. The molecular formula is C25H27F3N6O. The molecule has 3 unspecified atom stereocenters. The van der Waals surface area contributed by atoms with Gasteiger partial charge in [0.15, 0.2) is 0 Å². The first-order valence-electron chi connectivity index (χ1n) is 11.8. The van der Waals surface area contributed by atoms with Crippen molar-refractivity contribution in [3.63, 3.8) is 0 Å². The van der Waals surface area contributed by atoms with Gasteiger partial charge in [0.05, 0.1) is 30.4 Å². The summed E-state index contributed by atoms with van der Waals surface area (Å²) in [6, 6.07) is 3.32. The number of hydrogen-bond acceptors (Lipinski definition) is 5. The average molecular weight is 485 g/mol. The zero-order valence-electron chi connectivity index (χ0n) is 19.9. The van der Waals surface area contributed by atoms with Crippen LogP contribution in [0.1, 0.15) is 67.9 Å². The van der Waals surface area contributed by atoms with Gasteiger partial charge in [0.2, 0.25) is 5.91 Å². The summed E-state index contributed by atoms with van der Waals surface area (Å²) in [7, 11) is 0. The fraction of sp³-hybridized carbons (Fsp3) is 0.440. The number of fused-ring (bicyclic) bond motifs is 3. The van der Waals surface area contributed by atoms with Crippen molar-refractivity contribution in [2.75, 3.05) is 5.32 Å². The first-order valence-corrected chi connectivity index (χ1v) is 11.8. The third kappa shape index (κ3) is 3.75. The number of benzene rings is 1. The normalized spacial score (nSPS) is 20.3. The van der Waals surface area contributed by atoms with Crippen LogP contribution in [0.4, 0.5) is 19.0 Å². The topological polar surface area (TPSA) is 75.4 Å². The molecule has 1 N–H and O–H groups in total. The van der Waals surface area contributed by atoms with E-state index in [1.807, 2.05) is 18.2 Å². The van der Waals surface area contributed by atoms with Gasteiger partial charge < -0.3 is 10.2 Å². The van der Waals surface area contributed by atoms with Crippen molar-refractivity contribution < 1.29 is 18.0 Å². The molecule has 1 aromatic carbocycles. The summed E-state index contributed by atoms with van der Waals surface area (Å²) in [6.07, 6.45) is -1.58. The summed E-state index contributed by atoms with van der Waals surface area (Å²) in [4.78, 5) is 19.7. The molecule has 10 heteroatoms. The van der Waals surface area contributed by atoms with Crippen LogP contribution in [0.3, 0.4) is 0 Å². The maximum atomic E-state index is 14.8. The van der Waals surface area contributed by atoms with Crippen molar-refractivity contribution in [2.24, 2.45) is 11.8 Å². The van der Waals surface area contributed by atoms with E-state index in [9.17, 15) is 18.0 Å². The predicted molar refractivity (Wildman–Crippen MR) is 124 cm³/mol. The van der Waals surface area contributed by atoms with Crippen LogP contribution in [0, 0.1) is 17.7 Å². The Morgan fingerprint density at radius 3 is 2.66 bits per heavy atom. The standard InChI is InChI=1S/C25H27F3N6O/c1-5-20-31-32-25-30-23(29-14(4)15-7-6-8-16(21(15)26)22(27)28)18-10-33(11-19(18)34(20)25)24(35)17-9-12(2)13(17)3/h6-8,13-14,17,22H,2,5,9-11H2,1,3-4H3,(H,29,30,32). The van der Waals surface area contributed by atoms with Crippen LogP contribution in [-0.4, -0.2) is 30.4 Å². The van der Waals surface area contributed by atoms with Crippen LogP contribution in [0.5, 0.6) is 0 Å². The van der Waals surface area contributed by atoms with Crippen molar-refractivity contribution in [2.45, 2.75) is 59.2 Å². The molecule has 1 amide bonds. The Kier molecular flexibility index (Phi) is 5.77. The number of carbonyl (C=O) groups excluding carboxylic acids is 1. The molecule has 5 rings (SSSR count). The molecule has 0 bridgehead atoms. The molecule has 2 aliphatic rings. The summed E-state index contributed by atoms with van der Waals surface area (Å²) in [5, 5.41) is 11.6. The SMILES string of the molecule is C=C1CC(C(=O)N2Cc3c(NC(C)c4cccc(C(F)F)c4F)nc4nnc(CC)n4c3C2)C1C. The minimum atomic E-state index is -2.91. The molecule has 7 nitrogen and oxygen atoms in total. The zero-order chi connectivity index (χ0) is 25.0. The number of nitrogens with zero attached hydrogens (tertiary/aromatic N) is 5. The molecule has 1 aliphatic carbocycles. The highest BCUT2D eigenvalue weighted by molar-refractivity contribution is 5.82. The van der Waals surface area contributed by atoms with Gasteiger partial charge in [-0.1, -0.05) is 44.2 Å². The third-order valence-corrected chi connectivity index (χ3v) is 7.31. The van der Waals surface area contributed by atoms with Gasteiger partial charge in [-0.05, 0) is 19.3 Å².